The Kier molecular flexibility index (Phi) is 5.79. The van der Waals surface area contributed by atoms with Gasteiger partial charge in [-0.1, -0.05) is 0 Å². The van der Waals surface area contributed by atoms with E-state index in [1.54, 1.807) is 0 Å². The molecule has 0 aliphatic rings. The highest BCUT2D eigenvalue weighted by atomic mass is 32.2. The lowest BCUT2D eigenvalue weighted by molar-refractivity contribution is -0.137. The van der Waals surface area contributed by atoms with E-state index in [9.17, 15) is 18.0 Å². The van der Waals surface area contributed by atoms with Gasteiger partial charge >= 0.3 is 12.0 Å². The van der Waals surface area contributed by atoms with Crippen molar-refractivity contribution in [1.29, 1.82) is 0 Å². The van der Waals surface area contributed by atoms with Crippen LogP contribution in [-0.2, 0) is 14.6 Å². The highest BCUT2D eigenvalue weighted by molar-refractivity contribution is 7.90. The van der Waals surface area contributed by atoms with E-state index in [0.717, 1.165) is 6.26 Å². The minimum absolute atomic E-state index is 0.0229. The molecule has 94 valence electrons. The second kappa shape index (κ2) is 6.31. The number of hydrogen-bond donors (Lipinski definition) is 2. The van der Waals surface area contributed by atoms with Crippen molar-refractivity contribution in [2.45, 2.75) is 6.42 Å². The minimum atomic E-state index is -3.10. The average Bonchev–Trinajstić information content (AvgIpc) is 2.11. The second-order valence-corrected chi connectivity index (χ2v) is 5.69. The summed E-state index contributed by atoms with van der Waals surface area (Å²) in [6.45, 7) is 0.106. The van der Waals surface area contributed by atoms with Gasteiger partial charge in [-0.05, 0) is 0 Å². The first kappa shape index (κ1) is 14.7. The zero-order valence-corrected chi connectivity index (χ0v) is 10.1. The van der Waals surface area contributed by atoms with E-state index in [1.807, 2.05) is 0 Å². The van der Waals surface area contributed by atoms with E-state index >= 15 is 0 Å². The molecule has 0 aliphatic carbocycles. The maximum Gasteiger partial charge on any atom is 0.317 e. The standard InChI is InChI=1S/C8H16N2O5S/c1-10(5-3-7(11)12)8(13)9-4-6-16(2,14)15/h3-6H2,1-2H3,(H,9,13)(H,11,12). The third-order valence-electron chi connectivity index (χ3n) is 1.76. The molecule has 0 aromatic heterocycles. The number of carbonyl (C=O) groups excluding carboxylic acids is 1. The first-order valence-corrected chi connectivity index (χ1v) is 6.67. The van der Waals surface area contributed by atoms with Crippen LogP contribution in [-0.4, -0.2) is 62.6 Å². The number of carboxylic acid groups (broad SMARTS) is 1. The number of urea groups is 1. The van der Waals surface area contributed by atoms with Crippen molar-refractivity contribution in [3.05, 3.63) is 0 Å². The molecule has 0 aromatic rings. The van der Waals surface area contributed by atoms with Crippen molar-refractivity contribution in [2.75, 3.05) is 32.1 Å². The van der Waals surface area contributed by atoms with Crippen LogP contribution in [0, 0.1) is 0 Å². The molecule has 0 atom stereocenters. The fourth-order valence-electron chi connectivity index (χ4n) is 0.843. The zero-order valence-electron chi connectivity index (χ0n) is 9.26. The molecule has 0 spiro atoms. The summed E-state index contributed by atoms with van der Waals surface area (Å²) in [5.41, 5.74) is 0. The van der Waals surface area contributed by atoms with Crippen LogP contribution in [0.4, 0.5) is 4.79 Å². The van der Waals surface area contributed by atoms with Gasteiger partial charge in [0.1, 0.15) is 9.84 Å². The maximum absolute atomic E-state index is 11.3. The summed E-state index contributed by atoms with van der Waals surface area (Å²) in [6, 6.07) is -0.482. The van der Waals surface area contributed by atoms with Crippen LogP contribution >= 0.6 is 0 Å². The number of sulfone groups is 1. The van der Waals surface area contributed by atoms with Gasteiger partial charge < -0.3 is 15.3 Å². The fraction of sp³-hybridized carbons (Fsp3) is 0.750. The van der Waals surface area contributed by atoms with Crippen LogP contribution in [0.1, 0.15) is 6.42 Å². The first-order chi connectivity index (χ1) is 7.22. The summed E-state index contributed by atoms with van der Waals surface area (Å²) in [7, 11) is -1.66. The number of carbonyl (C=O) groups is 2. The molecule has 0 radical (unpaired) electrons. The molecule has 0 aromatic carbocycles. The van der Waals surface area contributed by atoms with Crippen LogP contribution in [0.25, 0.3) is 0 Å². The molecule has 2 N–H and O–H groups in total. The lowest BCUT2D eigenvalue weighted by atomic mass is 10.4. The van der Waals surface area contributed by atoms with Gasteiger partial charge in [0.15, 0.2) is 0 Å². The molecular weight excluding hydrogens is 236 g/mol. The minimum Gasteiger partial charge on any atom is -0.481 e. The Morgan fingerprint density at radius 1 is 1.38 bits per heavy atom. The predicted octanol–water partition coefficient (Wildman–Crippen LogP) is -0.853. The number of nitrogens with zero attached hydrogens (tertiary/aromatic N) is 1. The summed E-state index contributed by atoms with van der Waals surface area (Å²) in [4.78, 5) is 22.7. The van der Waals surface area contributed by atoms with Crippen LogP contribution in [0.3, 0.4) is 0 Å². The normalized spacial score (nSPS) is 10.9. The van der Waals surface area contributed by atoms with Gasteiger partial charge in [0.2, 0.25) is 0 Å². The van der Waals surface area contributed by atoms with Gasteiger partial charge in [-0.15, -0.1) is 0 Å². The third kappa shape index (κ3) is 8.04. The molecule has 0 bridgehead atoms. The summed E-state index contributed by atoms with van der Waals surface area (Å²) in [5, 5.41) is 10.8. The molecule has 0 saturated carbocycles. The van der Waals surface area contributed by atoms with E-state index in [-0.39, 0.29) is 25.3 Å². The van der Waals surface area contributed by atoms with Crippen molar-refractivity contribution < 1.29 is 23.1 Å². The Morgan fingerprint density at radius 2 is 1.94 bits per heavy atom. The van der Waals surface area contributed by atoms with E-state index < -0.39 is 21.8 Å². The topological polar surface area (TPSA) is 104 Å². The molecule has 0 aliphatic heterocycles. The third-order valence-corrected chi connectivity index (χ3v) is 2.70. The largest absolute Gasteiger partial charge is 0.481 e. The highest BCUT2D eigenvalue weighted by Gasteiger charge is 2.10. The molecule has 0 saturated heterocycles. The zero-order chi connectivity index (χ0) is 12.8. The van der Waals surface area contributed by atoms with E-state index in [4.69, 9.17) is 5.11 Å². The molecule has 0 rings (SSSR count). The maximum atomic E-state index is 11.3. The van der Waals surface area contributed by atoms with Crippen molar-refractivity contribution in [3.8, 4) is 0 Å². The van der Waals surface area contributed by atoms with Crippen LogP contribution < -0.4 is 5.32 Å². The summed E-state index contributed by atoms with van der Waals surface area (Å²) in [6.07, 6.45) is 0.934. The van der Waals surface area contributed by atoms with Crippen molar-refractivity contribution >= 4 is 21.8 Å². The monoisotopic (exact) mass is 252 g/mol. The summed E-state index contributed by atoms with van der Waals surface area (Å²) >= 11 is 0. The predicted molar refractivity (Wildman–Crippen MR) is 58.0 cm³/mol. The molecule has 0 heterocycles. The average molecular weight is 252 g/mol. The Balaban J connectivity index is 3.84. The number of aliphatic carboxylic acids is 1. The summed E-state index contributed by atoms with van der Waals surface area (Å²) in [5.74, 6) is -1.12. The first-order valence-electron chi connectivity index (χ1n) is 4.61. The van der Waals surface area contributed by atoms with Crippen LogP contribution in [0.15, 0.2) is 0 Å². The van der Waals surface area contributed by atoms with Crippen molar-refractivity contribution in [1.82, 2.24) is 10.2 Å². The number of carboxylic acids is 1. The highest BCUT2D eigenvalue weighted by Crippen LogP contribution is 1.89. The molecule has 8 heteroatoms. The Hall–Kier alpha value is -1.31. The fourth-order valence-corrected chi connectivity index (χ4v) is 1.32. The number of hydrogen-bond acceptors (Lipinski definition) is 4. The van der Waals surface area contributed by atoms with Crippen LogP contribution in [0.5, 0.6) is 0 Å². The molecular formula is C8H16N2O5S. The molecule has 7 nitrogen and oxygen atoms in total. The van der Waals surface area contributed by atoms with E-state index in [1.165, 1.54) is 11.9 Å². The number of nitrogens with one attached hydrogen (secondary N) is 1. The molecule has 0 fully saturated rings. The molecule has 0 unspecified atom stereocenters. The lowest BCUT2D eigenvalue weighted by Crippen LogP contribution is -2.40. The van der Waals surface area contributed by atoms with Crippen molar-refractivity contribution in [3.63, 3.8) is 0 Å². The lowest BCUT2D eigenvalue weighted by Gasteiger charge is -2.16. The molecule has 2 amide bonds. The number of rotatable bonds is 6. The van der Waals surface area contributed by atoms with Gasteiger partial charge in [0.05, 0.1) is 12.2 Å². The summed E-state index contributed by atoms with van der Waals surface area (Å²) < 4.78 is 21.5. The Labute approximate surface area is 94.3 Å². The SMILES string of the molecule is CN(CCC(=O)O)C(=O)NCCS(C)(=O)=O. The van der Waals surface area contributed by atoms with Crippen molar-refractivity contribution in [2.24, 2.45) is 0 Å². The van der Waals surface area contributed by atoms with Gasteiger partial charge in [0, 0.05) is 26.4 Å². The number of amides is 2. The Bertz CT molecular complexity index is 351. The van der Waals surface area contributed by atoms with E-state index in [2.05, 4.69) is 5.32 Å². The van der Waals surface area contributed by atoms with Gasteiger partial charge in [-0.3, -0.25) is 4.79 Å². The smallest absolute Gasteiger partial charge is 0.317 e. The van der Waals surface area contributed by atoms with E-state index in [0.29, 0.717) is 0 Å². The quantitative estimate of drug-likeness (QED) is 0.640. The van der Waals surface area contributed by atoms with Gasteiger partial charge in [-0.2, -0.15) is 0 Å². The van der Waals surface area contributed by atoms with Gasteiger partial charge in [-0.25, -0.2) is 13.2 Å². The van der Waals surface area contributed by atoms with Crippen LogP contribution in [0.2, 0.25) is 0 Å². The Morgan fingerprint density at radius 3 is 2.38 bits per heavy atom. The molecule has 16 heavy (non-hydrogen) atoms. The second-order valence-electron chi connectivity index (χ2n) is 3.43. The van der Waals surface area contributed by atoms with Gasteiger partial charge in [0.25, 0.3) is 0 Å².